The molecule has 0 unspecified atom stereocenters. The fourth-order valence-electron chi connectivity index (χ4n) is 1.68. The number of hydrogen-bond donors (Lipinski definition) is 2. The van der Waals surface area contributed by atoms with E-state index in [0.29, 0.717) is 12.5 Å². The van der Waals surface area contributed by atoms with Gasteiger partial charge in [-0.3, -0.25) is 0 Å². The normalized spacial score (nSPS) is 15.6. The zero-order chi connectivity index (χ0) is 11.0. The van der Waals surface area contributed by atoms with Crippen molar-refractivity contribution in [2.24, 2.45) is 0 Å². The molecule has 0 aliphatic heterocycles. The summed E-state index contributed by atoms with van der Waals surface area (Å²) >= 11 is 0. The van der Waals surface area contributed by atoms with E-state index in [1.165, 1.54) is 12.8 Å². The molecule has 0 aromatic carbocycles. The number of nitrogens with zero attached hydrogens (tertiary/aromatic N) is 4. The fraction of sp³-hybridized carbons (Fsp3) is 0.500. The highest BCUT2D eigenvalue weighted by molar-refractivity contribution is 5.44. The van der Waals surface area contributed by atoms with Crippen molar-refractivity contribution in [1.29, 1.82) is 0 Å². The number of rotatable bonds is 4. The van der Waals surface area contributed by atoms with E-state index in [9.17, 15) is 0 Å². The van der Waals surface area contributed by atoms with Crippen LogP contribution in [0.5, 0.6) is 0 Å². The largest absolute Gasteiger partial charge is 0.395 e. The predicted octanol–water partition coefficient (Wildman–Crippen LogP) is 0.406. The van der Waals surface area contributed by atoms with Gasteiger partial charge in [-0.1, -0.05) is 0 Å². The molecule has 3 rings (SSSR count). The van der Waals surface area contributed by atoms with Gasteiger partial charge in [0.2, 0.25) is 0 Å². The van der Waals surface area contributed by atoms with Crippen LogP contribution < -0.4 is 5.32 Å². The van der Waals surface area contributed by atoms with E-state index < -0.39 is 0 Å². The summed E-state index contributed by atoms with van der Waals surface area (Å²) in [4.78, 5) is 0. The van der Waals surface area contributed by atoms with E-state index in [1.54, 1.807) is 4.52 Å². The van der Waals surface area contributed by atoms with Crippen LogP contribution in [0.25, 0.3) is 5.65 Å². The van der Waals surface area contributed by atoms with Crippen LogP contribution in [-0.2, 0) is 0 Å². The second kappa shape index (κ2) is 3.71. The fourth-order valence-corrected chi connectivity index (χ4v) is 1.68. The maximum atomic E-state index is 8.73. The van der Waals surface area contributed by atoms with Crippen molar-refractivity contribution in [3.63, 3.8) is 0 Å². The lowest BCUT2D eigenvalue weighted by atomic mass is 10.4. The van der Waals surface area contributed by atoms with E-state index in [0.717, 1.165) is 17.3 Å². The molecule has 0 saturated heterocycles. The minimum absolute atomic E-state index is 0.0946. The van der Waals surface area contributed by atoms with Crippen LogP contribution in [0.2, 0.25) is 0 Å². The van der Waals surface area contributed by atoms with Gasteiger partial charge in [0, 0.05) is 12.5 Å². The third-order valence-corrected chi connectivity index (χ3v) is 2.65. The Labute approximate surface area is 92.3 Å². The number of fused-ring (bicyclic) bond motifs is 1. The lowest BCUT2D eigenvalue weighted by Gasteiger charge is -2.03. The summed E-state index contributed by atoms with van der Waals surface area (Å²) in [6, 6.07) is 3.72. The molecular formula is C10H13N5O. The Morgan fingerprint density at radius 1 is 1.38 bits per heavy atom. The Morgan fingerprint density at radius 3 is 3.00 bits per heavy atom. The van der Waals surface area contributed by atoms with Crippen LogP contribution in [0.15, 0.2) is 12.1 Å². The number of nitrogens with one attached hydrogen (secondary N) is 1. The Morgan fingerprint density at radius 2 is 2.25 bits per heavy atom. The minimum Gasteiger partial charge on any atom is -0.395 e. The van der Waals surface area contributed by atoms with Crippen LogP contribution in [0.3, 0.4) is 0 Å². The van der Waals surface area contributed by atoms with E-state index in [2.05, 4.69) is 20.6 Å². The van der Waals surface area contributed by atoms with Gasteiger partial charge < -0.3 is 10.4 Å². The standard InChI is InChI=1S/C10H13N5O/c16-6-5-11-8-3-4-9-12-13-10(7-1-2-7)15(9)14-8/h3-4,7,16H,1-2,5-6H2,(H,11,14). The summed E-state index contributed by atoms with van der Waals surface area (Å²) < 4.78 is 1.79. The molecule has 16 heavy (non-hydrogen) atoms. The van der Waals surface area contributed by atoms with Crippen LogP contribution >= 0.6 is 0 Å². The van der Waals surface area contributed by atoms with E-state index >= 15 is 0 Å². The zero-order valence-electron chi connectivity index (χ0n) is 8.80. The molecule has 84 valence electrons. The Hall–Kier alpha value is -1.69. The molecule has 6 heteroatoms. The van der Waals surface area contributed by atoms with E-state index in [-0.39, 0.29) is 6.61 Å². The molecule has 0 bridgehead atoms. The maximum Gasteiger partial charge on any atom is 0.178 e. The first-order valence-corrected chi connectivity index (χ1v) is 5.45. The number of aliphatic hydroxyl groups is 1. The van der Waals surface area contributed by atoms with Gasteiger partial charge in [-0.25, -0.2) is 0 Å². The average Bonchev–Trinajstić information content (AvgIpc) is 3.07. The van der Waals surface area contributed by atoms with Crippen LogP contribution in [0, 0.1) is 0 Å². The summed E-state index contributed by atoms with van der Waals surface area (Å²) in [5, 5.41) is 24.4. The Kier molecular flexibility index (Phi) is 2.21. The topological polar surface area (TPSA) is 75.3 Å². The summed E-state index contributed by atoms with van der Waals surface area (Å²) in [5.74, 6) is 2.21. The molecule has 1 fully saturated rings. The number of anilines is 1. The molecule has 1 aliphatic rings. The molecule has 0 spiro atoms. The molecule has 1 saturated carbocycles. The Balaban J connectivity index is 1.97. The van der Waals surface area contributed by atoms with E-state index in [4.69, 9.17) is 5.11 Å². The smallest absolute Gasteiger partial charge is 0.178 e. The van der Waals surface area contributed by atoms with Gasteiger partial charge >= 0.3 is 0 Å². The van der Waals surface area contributed by atoms with Crippen LogP contribution in [0.4, 0.5) is 5.82 Å². The first-order valence-electron chi connectivity index (χ1n) is 5.45. The van der Waals surface area contributed by atoms with Crippen molar-refractivity contribution in [2.45, 2.75) is 18.8 Å². The van der Waals surface area contributed by atoms with Gasteiger partial charge in [0.25, 0.3) is 0 Å². The van der Waals surface area contributed by atoms with Crippen LogP contribution in [-0.4, -0.2) is 38.1 Å². The molecule has 2 N–H and O–H groups in total. The summed E-state index contributed by atoms with van der Waals surface area (Å²) in [5.41, 5.74) is 0.774. The predicted molar refractivity (Wildman–Crippen MR) is 58.3 cm³/mol. The molecule has 0 amide bonds. The monoisotopic (exact) mass is 219 g/mol. The quantitative estimate of drug-likeness (QED) is 0.778. The minimum atomic E-state index is 0.0946. The highest BCUT2D eigenvalue weighted by Crippen LogP contribution is 2.38. The van der Waals surface area contributed by atoms with Crippen molar-refractivity contribution >= 4 is 11.5 Å². The second-order valence-corrected chi connectivity index (χ2v) is 3.97. The summed E-state index contributed by atoms with van der Waals surface area (Å²) in [6.07, 6.45) is 2.35. The molecule has 2 aromatic heterocycles. The zero-order valence-corrected chi connectivity index (χ0v) is 8.80. The van der Waals surface area contributed by atoms with Gasteiger partial charge in [0.05, 0.1) is 6.61 Å². The molecule has 1 aliphatic carbocycles. The van der Waals surface area contributed by atoms with Crippen molar-refractivity contribution in [3.8, 4) is 0 Å². The molecule has 0 atom stereocenters. The highest BCUT2D eigenvalue weighted by Gasteiger charge is 2.29. The first-order chi connectivity index (χ1) is 7.88. The lowest BCUT2D eigenvalue weighted by Crippen LogP contribution is -2.09. The molecule has 2 heterocycles. The Bertz CT molecular complexity index is 505. The summed E-state index contributed by atoms with van der Waals surface area (Å²) in [7, 11) is 0. The van der Waals surface area contributed by atoms with Gasteiger partial charge in [0.15, 0.2) is 11.5 Å². The maximum absolute atomic E-state index is 8.73. The van der Waals surface area contributed by atoms with Crippen molar-refractivity contribution in [2.75, 3.05) is 18.5 Å². The van der Waals surface area contributed by atoms with Gasteiger partial charge in [-0.15, -0.1) is 15.3 Å². The van der Waals surface area contributed by atoms with Crippen molar-refractivity contribution < 1.29 is 5.11 Å². The van der Waals surface area contributed by atoms with Crippen LogP contribution in [0.1, 0.15) is 24.6 Å². The lowest BCUT2D eigenvalue weighted by molar-refractivity contribution is 0.311. The number of aliphatic hydroxyl groups excluding tert-OH is 1. The molecular weight excluding hydrogens is 206 g/mol. The first kappa shape index (κ1) is 9.53. The molecule has 6 nitrogen and oxygen atoms in total. The van der Waals surface area contributed by atoms with E-state index in [1.807, 2.05) is 12.1 Å². The third-order valence-electron chi connectivity index (χ3n) is 2.65. The highest BCUT2D eigenvalue weighted by atomic mass is 16.3. The number of aromatic nitrogens is 4. The SMILES string of the molecule is OCCNc1ccc2nnc(C3CC3)n2n1. The van der Waals surface area contributed by atoms with Crippen molar-refractivity contribution in [1.82, 2.24) is 19.8 Å². The third kappa shape index (κ3) is 1.61. The van der Waals surface area contributed by atoms with Crippen molar-refractivity contribution in [3.05, 3.63) is 18.0 Å². The van der Waals surface area contributed by atoms with Gasteiger partial charge in [-0.2, -0.15) is 4.52 Å². The molecule has 0 radical (unpaired) electrons. The number of hydrogen-bond acceptors (Lipinski definition) is 5. The molecule has 2 aromatic rings. The second-order valence-electron chi connectivity index (χ2n) is 3.97. The van der Waals surface area contributed by atoms with Gasteiger partial charge in [-0.05, 0) is 25.0 Å². The summed E-state index contributed by atoms with van der Waals surface area (Å²) in [6.45, 7) is 0.594. The average molecular weight is 219 g/mol. The van der Waals surface area contributed by atoms with Gasteiger partial charge in [0.1, 0.15) is 5.82 Å².